The zero-order chi connectivity index (χ0) is 16.0. The maximum atomic E-state index is 12.5. The molecule has 0 saturated heterocycles. The number of Topliss-reactive ketones (excluding diaryl/α,β-unsaturated/α-hetero) is 1. The van der Waals surface area contributed by atoms with Crippen molar-refractivity contribution < 1.29 is 18.0 Å². The summed E-state index contributed by atoms with van der Waals surface area (Å²) in [6, 6.07) is 8.00. The molecule has 1 aromatic carbocycles. The SMILES string of the molecule is C=C(CC(CCCc1cccc(C)c1)C(C)=O)C(F)(F)F. The average Bonchev–Trinajstić information content (AvgIpc) is 2.36. The maximum absolute atomic E-state index is 12.5. The summed E-state index contributed by atoms with van der Waals surface area (Å²) in [5, 5.41) is 0. The van der Waals surface area contributed by atoms with Crippen molar-refractivity contribution >= 4 is 5.78 Å². The molecule has 0 aliphatic carbocycles. The highest BCUT2D eigenvalue weighted by atomic mass is 19.4. The molecule has 0 amide bonds. The zero-order valence-corrected chi connectivity index (χ0v) is 12.5. The van der Waals surface area contributed by atoms with E-state index in [9.17, 15) is 18.0 Å². The van der Waals surface area contributed by atoms with Gasteiger partial charge in [-0.3, -0.25) is 4.79 Å². The van der Waals surface area contributed by atoms with Gasteiger partial charge in [0.1, 0.15) is 5.78 Å². The van der Waals surface area contributed by atoms with Crippen LogP contribution in [0.25, 0.3) is 0 Å². The van der Waals surface area contributed by atoms with Crippen molar-refractivity contribution in [2.24, 2.45) is 5.92 Å². The molecule has 0 fully saturated rings. The molecule has 21 heavy (non-hydrogen) atoms. The highest BCUT2D eigenvalue weighted by Gasteiger charge is 2.33. The minimum Gasteiger partial charge on any atom is -0.300 e. The fourth-order valence-electron chi connectivity index (χ4n) is 2.28. The molecule has 0 saturated carbocycles. The first-order chi connectivity index (χ1) is 9.70. The summed E-state index contributed by atoms with van der Waals surface area (Å²) in [6.07, 6.45) is -2.79. The van der Waals surface area contributed by atoms with Crippen molar-refractivity contribution in [3.05, 3.63) is 47.5 Å². The van der Waals surface area contributed by atoms with Gasteiger partial charge in [-0.1, -0.05) is 36.4 Å². The number of alkyl halides is 3. The van der Waals surface area contributed by atoms with Crippen LogP contribution in [0, 0.1) is 12.8 Å². The number of allylic oxidation sites excluding steroid dienone is 1. The van der Waals surface area contributed by atoms with Crippen molar-refractivity contribution in [2.45, 2.75) is 45.7 Å². The van der Waals surface area contributed by atoms with E-state index in [0.717, 1.165) is 17.5 Å². The van der Waals surface area contributed by atoms with Crippen LogP contribution in [0.5, 0.6) is 0 Å². The molecule has 1 rings (SSSR count). The number of benzene rings is 1. The number of rotatable bonds is 7. The Morgan fingerprint density at radius 1 is 1.33 bits per heavy atom. The van der Waals surface area contributed by atoms with E-state index >= 15 is 0 Å². The molecule has 1 unspecified atom stereocenters. The number of hydrogen-bond acceptors (Lipinski definition) is 1. The fourth-order valence-corrected chi connectivity index (χ4v) is 2.28. The Morgan fingerprint density at radius 3 is 2.52 bits per heavy atom. The average molecular weight is 298 g/mol. The molecule has 0 aromatic heterocycles. The van der Waals surface area contributed by atoms with E-state index in [2.05, 4.69) is 12.6 Å². The first-order valence-corrected chi connectivity index (χ1v) is 7.01. The van der Waals surface area contributed by atoms with Crippen LogP contribution in [0.2, 0.25) is 0 Å². The van der Waals surface area contributed by atoms with Crippen LogP contribution < -0.4 is 0 Å². The molecule has 1 nitrogen and oxygen atoms in total. The molecule has 0 radical (unpaired) electrons. The van der Waals surface area contributed by atoms with Crippen molar-refractivity contribution in [1.82, 2.24) is 0 Å². The minimum absolute atomic E-state index is 0.204. The van der Waals surface area contributed by atoms with Crippen LogP contribution in [0.1, 0.15) is 37.3 Å². The summed E-state index contributed by atoms with van der Waals surface area (Å²) in [5.74, 6) is -0.798. The second-order valence-corrected chi connectivity index (χ2v) is 5.49. The van der Waals surface area contributed by atoms with Crippen molar-refractivity contribution in [2.75, 3.05) is 0 Å². The summed E-state index contributed by atoms with van der Waals surface area (Å²) >= 11 is 0. The molecular weight excluding hydrogens is 277 g/mol. The third kappa shape index (κ3) is 6.15. The van der Waals surface area contributed by atoms with Crippen LogP contribution in [-0.4, -0.2) is 12.0 Å². The predicted molar refractivity (Wildman–Crippen MR) is 78.1 cm³/mol. The summed E-state index contributed by atoms with van der Waals surface area (Å²) in [7, 11) is 0. The molecule has 0 N–H and O–H groups in total. The molecule has 0 aliphatic heterocycles. The van der Waals surface area contributed by atoms with Crippen LogP contribution >= 0.6 is 0 Å². The lowest BCUT2D eigenvalue weighted by atomic mass is 9.90. The topological polar surface area (TPSA) is 17.1 Å². The van der Waals surface area contributed by atoms with Gasteiger partial charge in [-0.2, -0.15) is 13.2 Å². The number of carbonyl (C=O) groups excluding carboxylic acids is 1. The first-order valence-electron chi connectivity index (χ1n) is 7.01. The van der Waals surface area contributed by atoms with Crippen LogP contribution in [0.4, 0.5) is 13.2 Å². The third-order valence-corrected chi connectivity index (χ3v) is 3.57. The lowest BCUT2D eigenvalue weighted by molar-refractivity contribution is -0.122. The Labute approximate surface area is 123 Å². The number of carbonyl (C=O) groups is 1. The summed E-state index contributed by atoms with van der Waals surface area (Å²) < 4.78 is 37.5. The molecule has 0 heterocycles. The standard InChI is InChI=1S/C17H21F3O/c1-12-6-4-7-15(10-12)8-5-9-16(14(3)21)11-13(2)17(18,19)20/h4,6-7,10,16H,2,5,8-9,11H2,1,3H3. The van der Waals surface area contributed by atoms with Crippen molar-refractivity contribution in [1.29, 1.82) is 0 Å². The molecule has 1 aromatic rings. The van der Waals surface area contributed by atoms with E-state index in [-0.39, 0.29) is 12.2 Å². The fraction of sp³-hybridized carbons (Fsp3) is 0.471. The Balaban J connectivity index is 2.52. The monoisotopic (exact) mass is 298 g/mol. The number of ketones is 1. The van der Waals surface area contributed by atoms with Gasteiger partial charge in [0.25, 0.3) is 0 Å². The largest absolute Gasteiger partial charge is 0.412 e. The van der Waals surface area contributed by atoms with Crippen LogP contribution in [0.15, 0.2) is 36.4 Å². The van der Waals surface area contributed by atoms with Gasteiger partial charge in [-0.05, 0) is 45.1 Å². The van der Waals surface area contributed by atoms with Gasteiger partial charge < -0.3 is 0 Å². The van der Waals surface area contributed by atoms with Crippen molar-refractivity contribution in [3.8, 4) is 0 Å². The Kier molecular flexibility index (Phi) is 6.19. The second kappa shape index (κ2) is 7.43. The Morgan fingerprint density at radius 2 is 2.00 bits per heavy atom. The van der Waals surface area contributed by atoms with E-state index in [1.165, 1.54) is 6.92 Å². The smallest absolute Gasteiger partial charge is 0.300 e. The minimum atomic E-state index is -4.41. The lowest BCUT2D eigenvalue weighted by Crippen LogP contribution is -2.19. The van der Waals surface area contributed by atoms with Gasteiger partial charge in [0.2, 0.25) is 0 Å². The van der Waals surface area contributed by atoms with E-state index in [1.54, 1.807) is 0 Å². The molecular formula is C17H21F3O. The number of halogens is 3. The van der Waals surface area contributed by atoms with Gasteiger partial charge in [-0.15, -0.1) is 0 Å². The van der Waals surface area contributed by atoms with E-state index in [4.69, 9.17) is 0 Å². The molecule has 0 aliphatic rings. The predicted octanol–water partition coefficient (Wildman–Crippen LogP) is 5.03. The van der Waals surface area contributed by atoms with Crippen LogP contribution in [-0.2, 0) is 11.2 Å². The second-order valence-electron chi connectivity index (χ2n) is 5.49. The number of hydrogen-bond donors (Lipinski definition) is 0. The highest BCUT2D eigenvalue weighted by molar-refractivity contribution is 5.78. The van der Waals surface area contributed by atoms with Gasteiger partial charge in [-0.25, -0.2) is 0 Å². The Hall–Kier alpha value is -1.58. The molecule has 4 heteroatoms. The van der Waals surface area contributed by atoms with Gasteiger partial charge in [0.15, 0.2) is 0 Å². The van der Waals surface area contributed by atoms with E-state index < -0.39 is 17.7 Å². The quantitative estimate of drug-likeness (QED) is 0.645. The molecule has 116 valence electrons. The lowest BCUT2D eigenvalue weighted by Gasteiger charge is -2.17. The van der Waals surface area contributed by atoms with Gasteiger partial charge >= 0.3 is 6.18 Å². The molecule has 0 bridgehead atoms. The van der Waals surface area contributed by atoms with Gasteiger partial charge in [0, 0.05) is 11.5 Å². The Bertz CT molecular complexity index is 503. The van der Waals surface area contributed by atoms with E-state index in [1.807, 2.05) is 25.1 Å². The maximum Gasteiger partial charge on any atom is 0.412 e. The molecule has 1 atom stereocenters. The van der Waals surface area contributed by atoms with Gasteiger partial charge in [0.05, 0.1) is 0 Å². The highest BCUT2D eigenvalue weighted by Crippen LogP contribution is 2.31. The van der Waals surface area contributed by atoms with E-state index in [0.29, 0.717) is 12.8 Å². The van der Waals surface area contributed by atoms with Crippen LogP contribution in [0.3, 0.4) is 0 Å². The third-order valence-electron chi connectivity index (χ3n) is 3.57. The number of aryl methyl sites for hydroxylation is 2. The molecule has 0 spiro atoms. The van der Waals surface area contributed by atoms with Crippen molar-refractivity contribution in [3.63, 3.8) is 0 Å². The summed E-state index contributed by atoms with van der Waals surface area (Å²) in [4.78, 5) is 11.5. The summed E-state index contributed by atoms with van der Waals surface area (Å²) in [5.41, 5.74) is 1.48. The summed E-state index contributed by atoms with van der Waals surface area (Å²) in [6.45, 7) is 6.39. The first kappa shape index (κ1) is 17.5. The normalized spacial score (nSPS) is 13.0. The zero-order valence-electron chi connectivity index (χ0n) is 12.5.